The van der Waals surface area contributed by atoms with E-state index in [0.717, 1.165) is 41.3 Å². The summed E-state index contributed by atoms with van der Waals surface area (Å²) in [6, 6.07) is 18.9. The summed E-state index contributed by atoms with van der Waals surface area (Å²) < 4.78 is 2.11. The van der Waals surface area contributed by atoms with Crippen molar-refractivity contribution in [3.63, 3.8) is 0 Å². The van der Waals surface area contributed by atoms with Gasteiger partial charge >= 0.3 is 0 Å². The molecule has 0 atom stereocenters. The molecule has 2 aromatic heterocycles. The molecule has 0 spiro atoms. The number of fused-ring (bicyclic) bond motifs is 3. The Bertz CT molecular complexity index is 1450. The van der Waals surface area contributed by atoms with Crippen LogP contribution in [0.4, 0.5) is 0 Å². The van der Waals surface area contributed by atoms with Crippen LogP contribution in [0.2, 0.25) is 0 Å². The fraction of sp³-hybridized carbons (Fsp3) is 0.130. The predicted octanol–water partition coefficient (Wildman–Crippen LogP) is 5.01. The van der Waals surface area contributed by atoms with Crippen molar-refractivity contribution < 1.29 is 0 Å². The van der Waals surface area contributed by atoms with E-state index in [9.17, 15) is 0 Å². The van der Waals surface area contributed by atoms with Crippen molar-refractivity contribution in [3.8, 4) is 11.5 Å². The lowest BCUT2D eigenvalue weighted by atomic mass is 9.97. The first-order valence-electron chi connectivity index (χ1n) is 9.98. The molecule has 0 saturated carbocycles. The second-order valence-electron chi connectivity index (χ2n) is 7.52. The lowest BCUT2D eigenvalue weighted by Gasteiger charge is -2.08. The van der Waals surface area contributed by atoms with Gasteiger partial charge in [-0.1, -0.05) is 48.5 Å². The van der Waals surface area contributed by atoms with E-state index in [1.165, 1.54) is 22.0 Å². The summed E-state index contributed by atoms with van der Waals surface area (Å²) in [5.41, 5.74) is 4.30. The van der Waals surface area contributed by atoms with Gasteiger partial charge in [-0.3, -0.25) is 5.10 Å². The smallest absolute Gasteiger partial charge is 0.216 e. The molecule has 3 aromatic carbocycles. The zero-order valence-electron chi connectivity index (χ0n) is 16.1. The second kappa shape index (κ2) is 6.74. The van der Waals surface area contributed by atoms with Gasteiger partial charge in [0.2, 0.25) is 10.6 Å². The molecule has 0 bridgehead atoms. The first kappa shape index (κ1) is 17.3. The van der Waals surface area contributed by atoms with Crippen molar-refractivity contribution in [1.82, 2.24) is 25.1 Å². The molecule has 0 amide bonds. The molecule has 0 radical (unpaired) electrons. The van der Waals surface area contributed by atoms with E-state index in [2.05, 4.69) is 75.0 Å². The molecule has 30 heavy (non-hydrogen) atoms. The Morgan fingerprint density at radius 1 is 0.933 bits per heavy atom. The van der Waals surface area contributed by atoms with Crippen molar-refractivity contribution in [2.24, 2.45) is 5.10 Å². The minimum Gasteiger partial charge on any atom is -0.282 e. The molecule has 0 aliphatic heterocycles. The van der Waals surface area contributed by atoms with E-state index in [0.29, 0.717) is 10.6 Å². The Balaban J connectivity index is 1.54. The Labute approximate surface area is 177 Å². The summed E-state index contributed by atoms with van der Waals surface area (Å²) in [5, 5.41) is 24.3. The third kappa shape index (κ3) is 2.63. The average molecular weight is 411 g/mol. The first-order chi connectivity index (χ1) is 14.8. The molecular formula is C23H18N6S. The highest BCUT2D eigenvalue weighted by molar-refractivity contribution is 7.71. The maximum Gasteiger partial charge on any atom is 0.216 e. The van der Waals surface area contributed by atoms with Crippen molar-refractivity contribution >= 4 is 40.0 Å². The highest BCUT2D eigenvalue weighted by atomic mass is 32.1. The number of nitrogens with zero attached hydrogens (tertiary/aromatic N) is 4. The fourth-order valence-electron chi connectivity index (χ4n) is 4.36. The molecule has 1 aliphatic rings. The lowest BCUT2D eigenvalue weighted by molar-refractivity contribution is 0.844. The maximum absolute atomic E-state index is 5.48. The predicted molar refractivity (Wildman–Crippen MR) is 121 cm³/mol. The summed E-state index contributed by atoms with van der Waals surface area (Å²) in [7, 11) is 0. The van der Waals surface area contributed by atoms with Crippen LogP contribution in [0.3, 0.4) is 0 Å². The summed E-state index contributed by atoms with van der Waals surface area (Å²) in [4.78, 5) is 0. The van der Waals surface area contributed by atoms with Gasteiger partial charge in [0.25, 0.3) is 0 Å². The third-order valence-corrected chi connectivity index (χ3v) is 6.05. The van der Waals surface area contributed by atoms with Crippen LogP contribution in [-0.2, 0) is 12.8 Å². The molecule has 2 heterocycles. The number of nitrogens with one attached hydrogen (secondary N) is 2. The van der Waals surface area contributed by atoms with Gasteiger partial charge in [0, 0.05) is 16.8 Å². The largest absolute Gasteiger partial charge is 0.282 e. The fourth-order valence-corrected chi connectivity index (χ4v) is 4.54. The topological polar surface area (TPSA) is 74.7 Å². The van der Waals surface area contributed by atoms with E-state index >= 15 is 0 Å². The number of benzene rings is 3. The minimum absolute atomic E-state index is 0.445. The van der Waals surface area contributed by atoms with Crippen LogP contribution < -0.4 is 0 Å². The van der Waals surface area contributed by atoms with E-state index in [4.69, 9.17) is 17.3 Å². The second-order valence-corrected chi connectivity index (χ2v) is 7.91. The summed E-state index contributed by atoms with van der Waals surface area (Å²) in [6.45, 7) is 0. The Kier molecular flexibility index (Phi) is 3.89. The summed E-state index contributed by atoms with van der Waals surface area (Å²) in [5.74, 6) is 0.639. The van der Waals surface area contributed by atoms with Crippen LogP contribution in [-0.4, -0.2) is 31.3 Å². The molecule has 6 nitrogen and oxygen atoms in total. The van der Waals surface area contributed by atoms with E-state index in [1.54, 1.807) is 4.68 Å². The van der Waals surface area contributed by atoms with Crippen molar-refractivity contribution in [2.45, 2.75) is 19.3 Å². The standard InChI is InChI=1S/C23H18N6S/c30-23-28-27-22(21-18-10-5-11-20(18)25-26-21)29(23)24-13-19-16-8-3-1-6-14(16)12-15-7-2-4-9-17(15)19/h1-4,6-9,12-13H,5,10-11H2,(H,25,26)(H,28,30). The SMILES string of the molecule is S=c1[nH]nc(-c2n[nH]c3c2CCC3)n1N=Cc1c2ccccc2cc2ccccc12. The Hall–Kier alpha value is -3.58. The van der Waals surface area contributed by atoms with E-state index < -0.39 is 0 Å². The Morgan fingerprint density at radius 2 is 1.67 bits per heavy atom. The number of hydrogen-bond donors (Lipinski definition) is 2. The monoisotopic (exact) mass is 410 g/mol. The number of aromatic amines is 2. The normalized spacial score (nSPS) is 13.6. The molecule has 2 N–H and O–H groups in total. The van der Waals surface area contributed by atoms with Crippen molar-refractivity contribution in [1.29, 1.82) is 0 Å². The van der Waals surface area contributed by atoms with Crippen LogP contribution in [0.5, 0.6) is 0 Å². The number of hydrogen-bond acceptors (Lipinski definition) is 4. The summed E-state index contributed by atoms with van der Waals surface area (Å²) >= 11 is 5.48. The van der Waals surface area contributed by atoms with Gasteiger partial charge in [-0.2, -0.15) is 20.0 Å². The molecule has 6 rings (SSSR count). The van der Waals surface area contributed by atoms with Gasteiger partial charge in [-0.05, 0) is 59.1 Å². The average Bonchev–Trinajstić information content (AvgIpc) is 3.48. The molecular weight excluding hydrogens is 392 g/mol. The zero-order chi connectivity index (χ0) is 20.1. The van der Waals surface area contributed by atoms with Crippen molar-refractivity contribution in [2.75, 3.05) is 0 Å². The van der Waals surface area contributed by atoms with E-state index in [1.807, 2.05) is 6.21 Å². The third-order valence-electron chi connectivity index (χ3n) is 5.78. The zero-order valence-corrected chi connectivity index (χ0v) is 16.9. The minimum atomic E-state index is 0.445. The number of aryl methyl sites for hydroxylation is 1. The lowest BCUT2D eigenvalue weighted by Crippen LogP contribution is -1.98. The van der Waals surface area contributed by atoms with Crippen LogP contribution in [0.15, 0.2) is 59.7 Å². The van der Waals surface area contributed by atoms with Gasteiger partial charge in [0.1, 0.15) is 5.69 Å². The number of rotatable bonds is 3. The molecule has 7 heteroatoms. The molecule has 1 aliphatic carbocycles. The highest BCUT2D eigenvalue weighted by Gasteiger charge is 2.23. The van der Waals surface area contributed by atoms with Crippen LogP contribution in [0.25, 0.3) is 33.1 Å². The molecule has 0 unspecified atom stereocenters. The molecule has 0 saturated heterocycles. The number of H-pyrrole nitrogens is 2. The quantitative estimate of drug-likeness (QED) is 0.249. The maximum atomic E-state index is 5.48. The van der Waals surface area contributed by atoms with E-state index in [-0.39, 0.29) is 0 Å². The van der Waals surface area contributed by atoms with Gasteiger partial charge in [-0.15, -0.1) is 0 Å². The first-order valence-corrected chi connectivity index (χ1v) is 10.4. The van der Waals surface area contributed by atoms with Crippen LogP contribution in [0, 0.1) is 4.77 Å². The molecule has 0 fully saturated rings. The highest BCUT2D eigenvalue weighted by Crippen LogP contribution is 2.30. The molecule has 146 valence electrons. The number of aromatic nitrogens is 5. The molecule has 5 aromatic rings. The summed E-state index contributed by atoms with van der Waals surface area (Å²) in [6.07, 6.45) is 5.04. The van der Waals surface area contributed by atoms with Gasteiger partial charge < -0.3 is 0 Å². The van der Waals surface area contributed by atoms with Gasteiger partial charge in [0.05, 0.1) is 6.21 Å². The van der Waals surface area contributed by atoms with Gasteiger partial charge in [0.15, 0.2) is 0 Å². The van der Waals surface area contributed by atoms with Crippen LogP contribution >= 0.6 is 12.2 Å². The Morgan fingerprint density at radius 3 is 2.43 bits per heavy atom. The van der Waals surface area contributed by atoms with Crippen LogP contribution in [0.1, 0.15) is 23.2 Å². The van der Waals surface area contributed by atoms with Crippen molar-refractivity contribution in [3.05, 3.63) is 76.2 Å². The van der Waals surface area contributed by atoms with Gasteiger partial charge in [-0.25, -0.2) is 5.10 Å².